The maximum absolute atomic E-state index is 12.9. The first-order valence-corrected chi connectivity index (χ1v) is 3.54. The average Bonchev–Trinajstić information content (AvgIpc) is 2.06. The molecule has 1 aromatic carbocycles. The van der Waals surface area contributed by atoms with Crippen molar-refractivity contribution in [2.75, 3.05) is 7.05 Å². The predicted molar refractivity (Wildman–Crippen MR) is 39.6 cm³/mol. The molecule has 0 radical (unpaired) electrons. The second-order valence-corrected chi connectivity index (χ2v) is 2.65. The van der Waals surface area contributed by atoms with Crippen LogP contribution in [0.4, 0.5) is 13.2 Å². The van der Waals surface area contributed by atoms with Crippen LogP contribution in [0, 0.1) is 17.5 Å². The van der Waals surface area contributed by atoms with E-state index < -0.39 is 17.5 Å². The Bertz CT molecular complexity index is 315. The van der Waals surface area contributed by atoms with Gasteiger partial charge in [-0.05, 0) is 6.07 Å². The molecular weight excluding hydrogens is 183 g/mol. The summed E-state index contributed by atoms with van der Waals surface area (Å²) in [5, 5.41) is 9.42. The molecule has 0 aromatic heterocycles. The average molecular weight is 191 g/mol. The molecule has 2 nitrogen and oxygen atoms in total. The molecule has 0 atom stereocenters. The minimum atomic E-state index is -1.51. The first-order chi connectivity index (χ1) is 6.02. The minimum Gasteiger partial charge on any atom is -0.314 e. The molecule has 1 rings (SSSR count). The van der Waals surface area contributed by atoms with E-state index in [1.807, 2.05) is 0 Å². The summed E-state index contributed by atoms with van der Waals surface area (Å²) in [5.74, 6) is -4.01. The Morgan fingerprint density at radius 1 is 1.23 bits per heavy atom. The van der Waals surface area contributed by atoms with Crippen molar-refractivity contribution in [3.05, 3.63) is 35.1 Å². The van der Waals surface area contributed by atoms with Crippen LogP contribution in [0.25, 0.3) is 0 Å². The number of rotatable bonds is 2. The maximum Gasteiger partial charge on any atom is 0.194 e. The zero-order chi connectivity index (χ0) is 10.0. The molecule has 13 heavy (non-hydrogen) atoms. The Kier molecular flexibility index (Phi) is 2.90. The molecule has 0 saturated heterocycles. The molecule has 0 aliphatic heterocycles. The molecule has 72 valence electrons. The summed E-state index contributed by atoms with van der Waals surface area (Å²) < 4.78 is 37.9. The van der Waals surface area contributed by atoms with Crippen LogP contribution in [0.5, 0.6) is 0 Å². The van der Waals surface area contributed by atoms with E-state index in [1.165, 1.54) is 7.05 Å². The first kappa shape index (κ1) is 10.0. The van der Waals surface area contributed by atoms with Gasteiger partial charge in [0, 0.05) is 12.6 Å². The standard InChI is InChI=1S/C8H8F3NO/c1-12(13)4-5-2-3-6(9)8(11)7(5)10/h2-3,13H,4H2,1H3. The van der Waals surface area contributed by atoms with Gasteiger partial charge < -0.3 is 5.21 Å². The van der Waals surface area contributed by atoms with Crippen molar-refractivity contribution in [2.45, 2.75) is 6.54 Å². The zero-order valence-electron chi connectivity index (χ0n) is 6.89. The highest BCUT2D eigenvalue weighted by Crippen LogP contribution is 2.15. The third-order valence-electron chi connectivity index (χ3n) is 1.51. The second-order valence-electron chi connectivity index (χ2n) is 2.65. The summed E-state index contributed by atoms with van der Waals surface area (Å²) in [6.07, 6.45) is 0. The Balaban J connectivity index is 3.04. The Hall–Kier alpha value is -1.07. The van der Waals surface area contributed by atoms with Crippen LogP contribution >= 0.6 is 0 Å². The van der Waals surface area contributed by atoms with Crippen molar-refractivity contribution >= 4 is 0 Å². The molecule has 0 spiro atoms. The van der Waals surface area contributed by atoms with Gasteiger partial charge in [0.25, 0.3) is 0 Å². The highest BCUT2D eigenvalue weighted by Gasteiger charge is 2.13. The maximum atomic E-state index is 12.9. The van der Waals surface area contributed by atoms with Gasteiger partial charge in [0.2, 0.25) is 0 Å². The number of hydroxylamine groups is 2. The van der Waals surface area contributed by atoms with Crippen LogP contribution in [0.3, 0.4) is 0 Å². The van der Waals surface area contributed by atoms with Crippen LogP contribution < -0.4 is 0 Å². The molecule has 0 amide bonds. The van der Waals surface area contributed by atoms with E-state index in [2.05, 4.69) is 0 Å². The van der Waals surface area contributed by atoms with E-state index >= 15 is 0 Å². The molecule has 0 bridgehead atoms. The highest BCUT2D eigenvalue weighted by atomic mass is 19.2. The first-order valence-electron chi connectivity index (χ1n) is 3.54. The lowest BCUT2D eigenvalue weighted by Gasteiger charge is -2.09. The van der Waals surface area contributed by atoms with Gasteiger partial charge in [-0.3, -0.25) is 0 Å². The van der Waals surface area contributed by atoms with E-state index in [-0.39, 0.29) is 12.1 Å². The molecule has 1 N–H and O–H groups in total. The molecule has 0 heterocycles. The van der Waals surface area contributed by atoms with Gasteiger partial charge in [0.15, 0.2) is 17.5 Å². The lowest BCUT2D eigenvalue weighted by molar-refractivity contribution is -0.0739. The smallest absolute Gasteiger partial charge is 0.194 e. The molecule has 0 aliphatic rings. The van der Waals surface area contributed by atoms with E-state index in [4.69, 9.17) is 5.21 Å². The largest absolute Gasteiger partial charge is 0.314 e. The Morgan fingerprint density at radius 3 is 2.38 bits per heavy atom. The van der Waals surface area contributed by atoms with E-state index in [9.17, 15) is 13.2 Å². The SMILES string of the molecule is CN(O)Cc1ccc(F)c(F)c1F. The quantitative estimate of drug-likeness (QED) is 0.570. The van der Waals surface area contributed by atoms with Gasteiger partial charge in [-0.25, -0.2) is 13.2 Å². The summed E-state index contributed by atoms with van der Waals surface area (Å²) >= 11 is 0. The number of nitrogens with zero attached hydrogens (tertiary/aromatic N) is 1. The molecule has 5 heteroatoms. The molecule has 0 saturated carbocycles. The van der Waals surface area contributed by atoms with Crippen molar-refractivity contribution in [3.63, 3.8) is 0 Å². The van der Waals surface area contributed by atoms with Crippen LogP contribution in [0.2, 0.25) is 0 Å². The van der Waals surface area contributed by atoms with E-state index in [0.29, 0.717) is 5.06 Å². The minimum absolute atomic E-state index is 0.0936. The van der Waals surface area contributed by atoms with Gasteiger partial charge >= 0.3 is 0 Å². The molecule has 0 aliphatic carbocycles. The number of benzene rings is 1. The summed E-state index contributed by atoms with van der Waals surface area (Å²) in [6, 6.07) is 1.90. The van der Waals surface area contributed by atoms with E-state index in [1.54, 1.807) is 0 Å². The van der Waals surface area contributed by atoms with Crippen molar-refractivity contribution in [1.29, 1.82) is 0 Å². The fraction of sp³-hybridized carbons (Fsp3) is 0.250. The van der Waals surface area contributed by atoms with Gasteiger partial charge in [0.1, 0.15) is 0 Å². The van der Waals surface area contributed by atoms with Gasteiger partial charge in [-0.15, -0.1) is 0 Å². The fourth-order valence-corrected chi connectivity index (χ4v) is 0.935. The predicted octanol–water partition coefficient (Wildman–Crippen LogP) is 1.92. The Morgan fingerprint density at radius 2 is 1.85 bits per heavy atom. The summed E-state index contributed by atoms with van der Waals surface area (Å²) in [5.41, 5.74) is -0.0936. The highest BCUT2D eigenvalue weighted by molar-refractivity contribution is 5.19. The lowest BCUT2D eigenvalue weighted by Crippen LogP contribution is -2.13. The number of hydrogen-bond donors (Lipinski definition) is 1. The van der Waals surface area contributed by atoms with Crippen LogP contribution in [0.1, 0.15) is 5.56 Å². The summed E-state index contributed by atoms with van der Waals surface area (Å²) in [6.45, 7) is -0.191. The molecule has 0 unspecified atom stereocenters. The molecular formula is C8H8F3NO. The van der Waals surface area contributed by atoms with E-state index in [0.717, 1.165) is 12.1 Å². The lowest BCUT2D eigenvalue weighted by atomic mass is 10.2. The number of halogens is 3. The van der Waals surface area contributed by atoms with Crippen LogP contribution in [0.15, 0.2) is 12.1 Å². The fourth-order valence-electron chi connectivity index (χ4n) is 0.935. The van der Waals surface area contributed by atoms with Gasteiger partial charge in [-0.1, -0.05) is 6.07 Å². The van der Waals surface area contributed by atoms with Gasteiger partial charge in [-0.2, -0.15) is 5.06 Å². The third-order valence-corrected chi connectivity index (χ3v) is 1.51. The second kappa shape index (κ2) is 3.76. The monoisotopic (exact) mass is 191 g/mol. The van der Waals surface area contributed by atoms with Crippen LogP contribution in [-0.2, 0) is 6.54 Å². The van der Waals surface area contributed by atoms with Crippen molar-refractivity contribution < 1.29 is 18.4 Å². The normalized spacial score (nSPS) is 10.9. The van der Waals surface area contributed by atoms with Crippen molar-refractivity contribution in [1.82, 2.24) is 5.06 Å². The zero-order valence-corrected chi connectivity index (χ0v) is 6.89. The van der Waals surface area contributed by atoms with Crippen LogP contribution in [-0.4, -0.2) is 17.3 Å². The summed E-state index contributed by atoms with van der Waals surface area (Å²) in [7, 11) is 1.28. The van der Waals surface area contributed by atoms with Crippen molar-refractivity contribution in [3.8, 4) is 0 Å². The number of hydrogen-bond acceptors (Lipinski definition) is 2. The Labute approximate surface area is 73.2 Å². The van der Waals surface area contributed by atoms with Crippen molar-refractivity contribution in [2.24, 2.45) is 0 Å². The molecule has 1 aromatic rings. The third kappa shape index (κ3) is 2.19. The topological polar surface area (TPSA) is 23.5 Å². The summed E-state index contributed by atoms with van der Waals surface area (Å²) in [4.78, 5) is 0. The van der Waals surface area contributed by atoms with Gasteiger partial charge in [0.05, 0.1) is 6.54 Å². The molecule has 0 fully saturated rings.